The molecule has 3 amide bonds. The van der Waals surface area contributed by atoms with Crippen LogP contribution in [0.4, 0.5) is 5.69 Å². The van der Waals surface area contributed by atoms with E-state index in [1.54, 1.807) is 28.0 Å². The predicted molar refractivity (Wildman–Crippen MR) is 140 cm³/mol. The average molecular weight is 482 g/mol. The summed E-state index contributed by atoms with van der Waals surface area (Å²) in [4.78, 5) is 42.9. The van der Waals surface area contributed by atoms with Gasteiger partial charge in [0.15, 0.2) is 0 Å². The number of hydrogen-bond donors (Lipinski definition) is 1. The maximum atomic E-state index is 13.5. The third kappa shape index (κ3) is 4.39. The first-order valence-electron chi connectivity index (χ1n) is 12.5. The number of amides is 3. The highest BCUT2D eigenvalue weighted by Gasteiger charge is 2.41. The number of fused-ring (bicyclic) bond motifs is 2. The van der Waals surface area contributed by atoms with E-state index in [0.29, 0.717) is 36.3 Å². The van der Waals surface area contributed by atoms with Gasteiger partial charge in [-0.3, -0.25) is 14.4 Å². The highest BCUT2D eigenvalue weighted by molar-refractivity contribution is 6.11. The first-order chi connectivity index (χ1) is 17.3. The maximum Gasteiger partial charge on any atom is 0.256 e. The Balaban J connectivity index is 1.33. The summed E-state index contributed by atoms with van der Waals surface area (Å²) in [5.74, 6) is -0.264. The molecular formula is C30H31N3O3. The molecule has 1 fully saturated rings. The minimum Gasteiger partial charge on any atom is -0.346 e. The first-order valence-corrected chi connectivity index (χ1v) is 12.5. The molecule has 3 aromatic rings. The summed E-state index contributed by atoms with van der Waals surface area (Å²) >= 11 is 0. The van der Waals surface area contributed by atoms with Crippen LogP contribution in [0.2, 0.25) is 0 Å². The van der Waals surface area contributed by atoms with Crippen molar-refractivity contribution in [3.8, 4) is 0 Å². The van der Waals surface area contributed by atoms with Crippen LogP contribution in [0.15, 0.2) is 66.7 Å². The number of nitrogens with zero attached hydrogens (tertiary/aromatic N) is 2. The molecular weight excluding hydrogens is 450 g/mol. The summed E-state index contributed by atoms with van der Waals surface area (Å²) in [6, 6.07) is 20.4. The Morgan fingerprint density at radius 1 is 1.00 bits per heavy atom. The second-order valence-electron chi connectivity index (χ2n) is 9.83. The van der Waals surface area contributed by atoms with E-state index in [9.17, 15) is 14.4 Å². The number of anilines is 1. The van der Waals surface area contributed by atoms with Gasteiger partial charge in [-0.15, -0.1) is 0 Å². The van der Waals surface area contributed by atoms with E-state index in [2.05, 4.69) is 31.3 Å². The lowest BCUT2D eigenvalue weighted by Gasteiger charge is -2.26. The quantitative estimate of drug-likeness (QED) is 0.561. The fourth-order valence-corrected chi connectivity index (χ4v) is 5.11. The summed E-state index contributed by atoms with van der Waals surface area (Å²) in [5.41, 5.74) is 6.16. The van der Waals surface area contributed by atoms with Gasteiger partial charge in [-0.1, -0.05) is 42.5 Å². The minimum atomic E-state index is -0.415. The number of benzene rings is 3. The van der Waals surface area contributed by atoms with Gasteiger partial charge in [0.1, 0.15) is 6.04 Å². The van der Waals surface area contributed by atoms with Crippen molar-refractivity contribution in [3.63, 3.8) is 0 Å². The fourth-order valence-electron chi connectivity index (χ4n) is 5.11. The minimum absolute atomic E-state index is 0.0464. The van der Waals surface area contributed by atoms with Crippen molar-refractivity contribution in [2.75, 3.05) is 11.4 Å². The number of rotatable bonds is 5. The number of carbonyl (C=O) groups excluding carboxylic acids is 3. The second kappa shape index (κ2) is 9.61. The Kier molecular flexibility index (Phi) is 6.35. The van der Waals surface area contributed by atoms with E-state index in [1.807, 2.05) is 43.3 Å². The lowest BCUT2D eigenvalue weighted by Crippen LogP contribution is -2.44. The van der Waals surface area contributed by atoms with E-state index in [4.69, 9.17) is 0 Å². The third-order valence-electron chi connectivity index (χ3n) is 7.43. The zero-order chi connectivity index (χ0) is 25.4. The molecule has 184 valence electrons. The molecule has 0 unspecified atom stereocenters. The van der Waals surface area contributed by atoms with Gasteiger partial charge in [0.05, 0.1) is 23.8 Å². The topological polar surface area (TPSA) is 69.7 Å². The summed E-state index contributed by atoms with van der Waals surface area (Å²) in [6.45, 7) is 7.08. The largest absolute Gasteiger partial charge is 0.346 e. The van der Waals surface area contributed by atoms with E-state index < -0.39 is 6.04 Å². The van der Waals surface area contributed by atoms with Crippen LogP contribution in [0.25, 0.3) is 0 Å². The first kappa shape index (κ1) is 23.8. The van der Waals surface area contributed by atoms with Crippen molar-refractivity contribution in [1.82, 2.24) is 10.2 Å². The van der Waals surface area contributed by atoms with Gasteiger partial charge in [-0.2, -0.15) is 0 Å². The molecule has 0 bridgehead atoms. The molecule has 0 spiro atoms. The smallest absolute Gasteiger partial charge is 0.256 e. The molecule has 6 heteroatoms. The zero-order valence-corrected chi connectivity index (χ0v) is 21.0. The molecule has 2 atom stereocenters. The summed E-state index contributed by atoms with van der Waals surface area (Å²) in [6.07, 6.45) is 1.52. The van der Waals surface area contributed by atoms with Crippen LogP contribution < -0.4 is 10.2 Å². The number of nitrogens with one attached hydrogen (secondary N) is 1. The molecule has 0 aliphatic carbocycles. The second-order valence-corrected chi connectivity index (χ2v) is 9.83. The van der Waals surface area contributed by atoms with Crippen molar-refractivity contribution in [3.05, 3.63) is 100 Å². The SMILES string of the molecule is Cc1ccc([C@@H](C)NC(=O)c2ccc(CN3C(=O)[C@@H]4CCCN4C(=O)c4ccccc43)cc2)cc1C. The monoisotopic (exact) mass is 481 g/mol. The molecule has 0 radical (unpaired) electrons. The van der Waals surface area contributed by atoms with Crippen molar-refractivity contribution < 1.29 is 14.4 Å². The molecule has 0 aromatic heterocycles. The van der Waals surface area contributed by atoms with Crippen molar-refractivity contribution >= 4 is 23.4 Å². The van der Waals surface area contributed by atoms with E-state index >= 15 is 0 Å². The van der Waals surface area contributed by atoms with Gasteiger partial charge in [0, 0.05) is 12.1 Å². The van der Waals surface area contributed by atoms with E-state index in [1.165, 1.54) is 11.1 Å². The summed E-state index contributed by atoms with van der Waals surface area (Å²) < 4.78 is 0. The standard InChI is InChI=1S/C30H31N3O3/c1-19-10-13-24(17-20(19)2)21(3)31-28(34)23-14-11-22(12-15-23)18-33-26-8-5-4-7-25(26)29(35)32-16-6-9-27(32)30(33)36/h4-5,7-8,10-15,17,21,27H,6,9,16,18H2,1-3H3,(H,31,34)/t21-,27+/m1/s1. The normalized spacial score (nSPS) is 17.9. The van der Waals surface area contributed by atoms with Crippen LogP contribution in [0.5, 0.6) is 0 Å². The van der Waals surface area contributed by atoms with Gasteiger partial charge in [-0.05, 0) is 80.1 Å². The Morgan fingerprint density at radius 2 is 1.75 bits per heavy atom. The van der Waals surface area contributed by atoms with Crippen molar-refractivity contribution in [1.29, 1.82) is 0 Å². The van der Waals surface area contributed by atoms with Gasteiger partial charge < -0.3 is 15.1 Å². The fraction of sp³-hybridized carbons (Fsp3) is 0.300. The Bertz CT molecular complexity index is 1330. The number of aryl methyl sites for hydroxylation is 2. The molecule has 36 heavy (non-hydrogen) atoms. The van der Waals surface area contributed by atoms with E-state index in [-0.39, 0.29) is 23.8 Å². The highest BCUT2D eigenvalue weighted by Crippen LogP contribution is 2.33. The third-order valence-corrected chi connectivity index (χ3v) is 7.43. The zero-order valence-electron chi connectivity index (χ0n) is 21.0. The molecule has 2 heterocycles. The van der Waals surface area contributed by atoms with Crippen LogP contribution in [0.3, 0.4) is 0 Å². The molecule has 0 saturated carbocycles. The molecule has 2 aliphatic rings. The van der Waals surface area contributed by atoms with Crippen LogP contribution in [0, 0.1) is 13.8 Å². The lowest BCUT2D eigenvalue weighted by atomic mass is 10.0. The van der Waals surface area contributed by atoms with Gasteiger partial charge in [0.25, 0.3) is 11.8 Å². The number of hydrogen-bond acceptors (Lipinski definition) is 3. The summed E-state index contributed by atoms with van der Waals surface area (Å²) in [5, 5.41) is 3.07. The average Bonchev–Trinajstić information content (AvgIpc) is 3.36. The molecule has 2 aliphatic heterocycles. The van der Waals surface area contributed by atoms with Crippen LogP contribution >= 0.6 is 0 Å². The van der Waals surface area contributed by atoms with Gasteiger partial charge >= 0.3 is 0 Å². The Hall–Kier alpha value is -3.93. The maximum absolute atomic E-state index is 13.5. The predicted octanol–water partition coefficient (Wildman–Crippen LogP) is 4.95. The molecule has 1 N–H and O–H groups in total. The van der Waals surface area contributed by atoms with Gasteiger partial charge in [0.2, 0.25) is 5.91 Å². The number of para-hydroxylation sites is 1. The molecule has 3 aromatic carbocycles. The van der Waals surface area contributed by atoms with Crippen LogP contribution in [-0.4, -0.2) is 35.2 Å². The van der Waals surface area contributed by atoms with E-state index in [0.717, 1.165) is 17.5 Å². The molecule has 1 saturated heterocycles. The Labute approximate surface area is 211 Å². The van der Waals surface area contributed by atoms with Crippen molar-refractivity contribution in [2.45, 2.75) is 52.2 Å². The summed E-state index contributed by atoms with van der Waals surface area (Å²) in [7, 11) is 0. The van der Waals surface area contributed by atoms with Crippen molar-refractivity contribution in [2.24, 2.45) is 0 Å². The Morgan fingerprint density at radius 3 is 2.50 bits per heavy atom. The van der Waals surface area contributed by atoms with Gasteiger partial charge in [-0.25, -0.2) is 0 Å². The number of carbonyl (C=O) groups is 3. The molecule has 6 nitrogen and oxygen atoms in total. The van der Waals surface area contributed by atoms with Crippen LogP contribution in [-0.2, 0) is 11.3 Å². The molecule has 5 rings (SSSR count). The highest BCUT2D eigenvalue weighted by atomic mass is 16.2. The van der Waals surface area contributed by atoms with Crippen LogP contribution in [0.1, 0.15) is 68.8 Å². The lowest BCUT2D eigenvalue weighted by molar-refractivity contribution is -0.122.